The van der Waals surface area contributed by atoms with Crippen LogP contribution in [-0.2, 0) is 11.3 Å². The number of amides is 1. The van der Waals surface area contributed by atoms with Crippen molar-refractivity contribution in [3.05, 3.63) is 96.4 Å². The highest BCUT2D eigenvalue weighted by Gasteiger charge is 2.22. The topological polar surface area (TPSA) is 63.5 Å². The minimum absolute atomic E-state index is 0.0849. The van der Waals surface area contributed by atoms with Gasteiger partial charge in [-0.25, -0.2) is 4.68 Å². The molecule has 4 aromatic rings. The van der Waals surface area contributed by atoms with Crippen LogP contribution in [0, 0.1) is 0 Å². The Kier molecular flexibility index (Phi) is 6.35. The number of aromatic nitrogens is 3. The van der Waals surface area contributed by atoms with Crippen LogP contribution in [0.1, 0.15) is 15.9 Å². The lowest BCUT2D eigenvalue weighted by Crippen LogP contribution is -2.36. The third kappa shape index (κ3) is 4.70. The third-order valence-corrected chi connectivity index (χ3v) is 5.98. The SMILES string of the molecule is CN(Cc1ccc(N2CCOCC2)cc1)C(=O)c1cn(-c2ccccc2)nc1-c1cccnc1. The Labute approximate surface area is 199 Å². The molecule has 0 radical (unpaired) electrons. The van der Waals surface area contributed by atoms with E-state index in [4.69, 9.17) is 9.84 Å². The van der Waals surface area contributed by atoms with Gasteiger partial charge in [-0.1, -0.05) is 30.3 Å². The maximum absolute atomic E-state index is 13.5. The molecular formula is C27H27N5O2. The summed E-state index contributed by atoms with van der Waals surface area (Å²) in [4.78, 5) is 21.8. The molecule has 1 aliphatic heterocycles. The molecule has 7 nitrogen and oxygen atoms in total. The van der Waals surface area contributed by atoms with Crippen LogP contribution >= 0.6 is 0 Å². The summed E-state index contributed by atoms with van der Waals surface area (Å²) in [7, 11) is 1.82. The van der Waals surface area contributed by atoms with Crippen LogP contribution in [0.15, 0.2) is 85.3 Å². The number of carbonyl (C=O) groups excluding carboxylic acids is 1. The molecular weight excluding hydrogens is 426 g/mol. The number of para-hydroxylation sites is 1. The molecule has 1 saturated heterocycles. The molecule has 3 heterocycles. The Balaban J connectivity index is 1.38. The zero-order valence-corrected chi connectivity index (χ0v) is 19.2. The Morgan fingerprint density at radius 3 is 2.44 bits per heavy atom. The summed E-state index contributed by atoms with van der Waals surface area (Å²) in [5.41, 5.74) is 5.13. The predicted molar refractivity (Wildman–Crippen MR) is 132 cm³/mol. The normalized spacial score (nSPS) is 13.6. The Morgan fingerprint density at radius 2 is 1.74 bits per heavy atom. The zero-order valence-electron chi connectivity index (χ0n) is 19.2. The summed E-state index contributed by atoms with van der Waals surface area (Å²) >= 11 is 0. The van der Waals surface area contributed by atoms with Crippen LogP contribution in [0.5, 0.6) is 0 Å². The van der Waals surface area contributed by atoms with Crippen molar-refractivity contribution in [2.75, 3.05) is 38.3 Å². The number of morpholine rings is 1. The number of ether oxygens (including phenoxy) is 1. The van der Waals surface area contributed by atoms with Gasteiger partial charge in [0.15, 0.2) is 0 Å². The zero-order chi connectivity index (χ0) is 23.3. The average Bonchev–Trinajstić information content (AvgIpc) is 3.36. The van der Waals surface area contributed by atoms with Crippen molar-refractivity contribution in [1.29, 1.82) is 0 Å². The Hall–Kier alpha value is -3.97. The molecule has 172 valence electrons. The van der Waals surface area contributed by atoms with Crippen molar-refractivity contribution in [3.63, 3.8) is 0 Å². The molecule has 2 aromatic heterocycles. The number of anilines is 1. The van der Waals surface area contributed by atoms with Gasteiger partial charge >= 0.3 is 0 Å². The van der Waals surface area contributed by atoms with Gasteiger partial charge in [-0.15, -0.1) is 0 Å². The summed E-state index contributed by atoms with van der Waals surface area (Å²) in [6.07, 6.45) is 5.25. The molecule has 0 N–H and O–H groups in total. The Bertz CT molecular complexity index is 1230. The van der Waals surface area contributed by atoms with Crippen LogP contribution in [0.3, 0.4) is 0 Å². The van der Waals surface area contributed by atoms with E-state index < -0.39 is 0 Å². The highest BCUT2D eigenvalue weighted by molar-refractivity contribution is 5.99. The van der Waals surface area contributed by atoms with Crippen molar-refractivity contribution in [2.45, 2.75) is 6.54 Å². The molecule has 0 atom stereocenters. The van der Waals surface area contributed by atoms with E-state index in [1.807, 2.05) is 49.5 Å². The fourth-order valence-electron chi connectivity index (χ4n) is 4.14. The summed E-state index contributed by atoms with van der Waals surface area (Å²) in [6.45, 7) is 3.83. The maximum atomic E-state index is 13.5. The second-order valence-electron chi connectivity index (χ2n) is 8.34. The first-order valence-electron chi connectivity index (χ1n) is 11.4. The first-order chi connectivity index (χ1) is 16.7. The predicted octanol–water partition coefficient (Wildman–Crippen LogP) is 4.04. The van der Waals surface area contributed by atoms with Gasteiger partial charge in [-0.3, -0.25) is 9.78 Å². The lowest BCUT2D eigenvalue weighted by atomic mass is 10.1. The first kappa shape index (κ1) is 21.9. The fraction of sp³-hybridized carbons (Fsp3) is 0.222. The van der Waals surface area contributed by atoms with E-state index in [1.165, 1.54) is 5.69 Å². The minimum atomic E-state index is -0.0849. The van der Waals surface area contributed by atoms with Gasteiger partial charge in [-0.2, -0.15) is 5.10 Å². The van der Waals surface area contributed by atoms with Crippen molar-refractivity contribution < 1.29 is 9.53 Å². The van der Waals surface area contributed by atoms with Gasteiger partial charge in [-0.05, 0) is 42.0 Å². The molecule has 2 aromatic carbocycles. The lowest BCUT2D eigenvalue weighted by molar-refractivity contribution is 0.0786. The second kappa shape index (κ2) is 9.89. The highest BCUT2D eigenvalue weighted by Crippen LogP contribution is 2.25. The largest absolute Gasteiger partial charge is 0.378 e. The molecule has 5 rings (SSSR count). The van der Waals surface area contributed by atoms with Crippen LogP contribution in [-0.4, -0.2) is 58.9 Å². The number of hydrogen-bond donors (Lipinski definition) is 0. The number of hydrogen-bond acceptors (Lipinski definition) is 5. The smallest absolute Gasteiger partial charge is 0.257 e. The first-order valence-corrected chi connectivity index (χ1v) is 11.4. The molecule has 34 heavy (non-hydrogen) atoms. The molecule has 1 aliphatic rings. The number of rotatable bonds is 6. The van der Waals surface area contributed by atoms with E-state index >= 15 is 0 Å². The van der Waals surface area contributed by atoms with Gasteiger partial charge in [0.1, 0.15) is 5.69 Å². The quantitative estimate of drug-likeness (QED) is 0.441. The molecule has 0 aliphatic carbocycles. The Morgan fingerprint density at radius 1 is 0.971 bits per heavy atom. The fourth-order valence-corrected chi connectivity index (χ4v) is 4.14. The summed E-state index contributed by atoms with van der Waals surface area (Å²) in [5.74, 6) is -0.0849. The summed E-state index contributed by atoms with van der Waals surface area (Å²) < 4.78 is 7.19. The average molecular weight is 454 g/mol. The highest BCUT2D eigenvalue weighted by atomic mass is 16.5. The van der Waals surface area contributed by atoms with E-state index in [-0.39, 0.29) is 5.91 Å². The van der Waals surface area contributed by atoms with Crippen LogP contribution < -0.4 is 4.90 Å². The second-order valence-corrected chi connectivity index (χ2v) is 8.34. The molecule has 0 spiro atoms. The van der Waals surface area contributed by atoms with Crippen LogP contribution in [0.2, 0.25) is 0 Å². The minimum Gasteiger partial charge on any atom is -0.378 e. The van der Waals surface area contributed by atoms with Gasteiger partial charge in [0.05, 0.1) is 24.5 Å². The van der Waals surface area contributed by atoms with E-state index in [9.17, 15) is 4.79 Å². The van der Waals surface area contributed by atoms with E-state index in [0.717, 1.165) is 43.1 Å². The number of pyridine rings is 1. The molecule has 0 unspecified atom stereocenters. The molecule has 0 saturated carbocycles. The number of benzene rings is 2. The molecule has 0 bridgehead atoms. The molecule has 7 heteroatoms. The number of nitrogens with zero attached hydrogens (tertiary/aromatic N) is 5. The standard InChI is InChI=1S/C27H27N5O2/c1-30(19-21-9-11-23(12-10-21)31-14-16-34-17-15-31)27(33)25-20-32(24-7-3-2-4-8-24)29-26(25)22-6-5-13-28-18-22/h2-13,18,20H,14-17,19H2,1H3. The van der Waals surface area contributed by atoms with Crippen molar-refractivity contribution in [2.24, 2.45) is 0 Å². The van der Waals surface area contributed by atoms with Crippen molar-refractivity contribution >= 4 is 11.6 Å². The maximum Gasteiger partial charge on any atom is 0.257 e. The lowest BCUT2D eigenvalue weighted by Gasteiger charge is -2.29. The monoisotopic (exact) mass is 453 g/mol. The van der Waals surface area contributed by atoms with E-state index in [1.54, 1.807) is 28.2 Å². The van der Waals surface area contributed by atoms with Gasteiger partial charge in [0, 0.05) is 56.5 Å². The molecule has 1 amide bonds. The van der Waals surface area contributed by atoms with Crippen molar-refractivity contribution in [1.82, 2.24) is 19.7 Å². The summed E-state index contributed by atoms with van der Waals surface area (Å²) in [6, 6.07) is 22.0. The summed E-state index contributed by atoms with van der Waals surface area (Å²) in [5, 5.41) is 4.74. The van der Waals surface area contributed by atoms with Gasteiger partial charge in [0.2, 0.25) is 0 Å². The molecule has 1 fully saturated rings. The third-order valence-electron chi connectivity index (χ3n) is 5.98. The van der Waals surface area contributed by atoms with Crippen LogP contribution in [0.4, 0.5) is 5.69 Å². The number of carbonyl (C=O) groups is 1. The van der Waals surface area contributed by atoms with E-state index in [2.05, 4.69) is 34.1 Å². The van der Waals surface area contributed by atoms with Gasteiger partial charge in [0.25, 0.3) is 5.91 Å². The van der Waals surface area contributed by atoms with Crippen molar-refractivity contribution in [3.8, 4) is 16.9 Å². The van der Waals surface area contributed by atoms with E-state index in [0.29, 0.717) is 17.8 Å². The van der Waals surface area contributed by atoms with Crippen LogP contribution in [0.25, 0.3) is 16.9 Å². The van der Waals surface area contributed by atoms with Gasteiger partial charge < -0.3 is 14.5 Å².